The molecule has 2 heterocycles. The third-order valence-electron chi connectivity index (χ3n) is 5.64. The molecule has 0 bridgehead atoms. The highest BCUT2D eigenvalue weighted by molar-refractivity contribution is 5.27. The predicted molar refractivity (Wildman–Crippen MR) is 98.4 cm³/mol. The normalized spacial score (nSPS) is 31.0. The summed E-state index contributed by atoms with van der Waals surface area (Å²) in [6.07, 6.45) is 6.15. The van der Waals surface area contributed by atoms with Gasteiger partial charge in [0, 0.05) is 31.2 Å². The zero-order chi connectivity index (χ0) is 17.0. The summed E-state index contributed by atoms with van der Waals surface area (Å²) >= 11 is 0. The summed E-state index contributed by atoms with van der Waals surface area (Å²) in [5, 5.41) is 3.73. The van der Waals surface area contributed by atoms with Crippen LogP contribution in [0.2, 0.25) is 0 Å². The van der Waals surface area contributed by atoms with E-state index < -0.39 is 0 Å². The van der Waals surface area contributed by atoms with Crippen LogP contribution >= 0.6 is 0 Å². The number of rotatable bonds is 6. The van der Waals surface area contributed by atoms with Crippen LogP contribution in [0.3, 0.4) is 0 Å². The van der Waals surface area contributed by atoms with Crippen molar-refractivity contribution in [2.24, 2.45) is 0 Å². The molecule has 0 saturated carbocycles. The van der Waals surface area contributed by atoms with Gasteiger partial charge >= 0.3 is 0 Å². The molecule has 0 aromatic heterocycles. The van der Waals surface area contributed by atoms with Gasteiger partial charge in [-0.1, -0.05) is 30.3 Å². The fraction of sp³-hybridized carbons (Fsp3) is 0.714. The van der Waals surface area contributed by atoms with Gasteiger partial charge in [0.15, 0.2) is 0 Å². The fourth-order valence-electron chi connectivity index (χ4n) is 4.60. The van der Waals surface area contributed by atoms with Crippen molar-refractivity contribution >= 4 is 0 Å². The van der Waals surface area contributed by atoms with Crippen molar-refractivity contribution < 1.29 is 9.47 Å². The maximum Gasteiger partial charge on any atom is 0.0700 e. The van der Waals surface area contributed by atoms with Gasteiger partial charge in [-0.2, -0.15) is 0 Å². The van der Waals surface area contributed by atoms with Crippen LogP contribution in [0.1, 0.15) is 58.4 Å². The maximum atomic E-state index is 6.02. The monoisotopic (exact) mass is 331 g/mol. The van der Waals surface area contributed by atoms with E-state index in [1.807, 2.05) is 0 Å². The molecule has 0 spiro atoms. The molecule has 0 radical (unpaired) electrons. The van der Waals surface area contributed by atoms with Gasteiger partial charge < -0.3 is 14.8 Å². The van der Waals surface area contributed by atoms with E-state index in [2.05, 4.69) is 56.4 Å². The van der Waals surface area contributed by atoms with Gasteiger partial charge in [-0.3, -0.25) is 0 Å². The molecule has 0 unspecified atom stereocenters. The average molecular weight is 332 g/mol. The van der Waals surface area contributed by atoms with E-state index in [0.29, 0.717) is 12.1 Å². The first-order valence-electron chi connectivity index (χ1n) is 9.54. The molecule has 0 aliphatic carbocycles. The summed E-state index contributed by atoms with van der Waals surface area (Å²) in [5.41, 5.74) is 1.61. The topological polar surface area (TPSA) is 30.5 Å². The molecule has 2 fully saturated rings. The zero-order valence-corrected chi connectivity index (χ0v) is 15.5. The van der Waals surface area contributed by atoms with Gasteiger partial charge in [-0.05, 0) is 58.4 Å². The summed E-state index contributed by atoms with van der Waals surface area (Å²) < 4.78 is 11.8. The van der Waals surface area contributed by atoms with Crippen LogP contribution in [0.15, 0.2) is 30.3 Å². The van der Waals surface area contributed by atoms with E-state index in [9.17, 15) is 0 Å². The van der Waals surface area contributed by atoms with Crippen molar-refractivity contribution in [2.75, 3.05) is 19.8 Å². The van der Waals surface area contributed by atoms with Gasteiger partial charge in [0.25, 0.3) is 0 Å². The number of ether oxygens (including phenoxy) is 2. The second kappa shape index (κ2) is 7.55. The minimum Gasteiger partial charge on any atom is -0.377 e. The van der Waals surface area contributed by atoms with Crippen LogP contribution in [-0.2, 0) is 14.9 Å². The minimum atomic E-state index is -0.0532. The smallest absolute Gasteiger partial charge is 0.0700 e. The van der Waals surface area contributed by atoms with Gasteiger partial charge in [-0.15, -0.1) is 0 Å². The maximum absolute atomic E-state index is 6.02. The minimum absolute atomic E-state index is 0.0532. The molecule has 2 aliphatic heterocycles. The molecule has 24 heavy (non-hydrogen) atoms. The first kappa shape index (κ1) is 17.9. The number of hydrogen-bond donors (Lipinski definition) is 1. The van der Waals surface area contributed by atoms with Gasteiger partial charge in [0.05, 0.1) is 11.7 Å². The molecule has 3 rings (SSSR count). The van der Waals surface area contributed by atoms with Crippen molar-refractivity contribution in [3.05, 3.63) is 35.9 Å². The molecule has 3 heteroatoms. The quantitative estimate of drug-likeness (QED) is 0.853. The van der Waals surface area contributed by atoms with Crippen LogP contribution in [0.5, 0.6) is 0 Å². The van der Waals surface area contributed by atoms with Crippen molar-refractivity contribution in [3.63, 3.8) is 0 Å². The van der Waals surface area contributed by atoms with Crippen LogP contribution in [0.4, 0.5) is 0 Å². The lowest BCUT2D eigenvalue weighted by Gasteiger charge is -2.46. The molecule has 3 nitrogen and oxygen atoms in total. The van der Waals surface area contributed by atoms with E-state index in [0.717, 1.165) is 39.0 Å². The Labute approximate surface area is 147 Å². The highest BCUT2D eigenvalue weighted by Crippen LogP contribution is 2.44. The van der Waals surface area contributed by atoms with Crippen molar-refractivity contribution in [1.82, 2.24) is 5.32 Å². The SMILES string of the molecule is C[C@H](C[C@@]1(c2ccccc2)CCOC(C)(C)C1)NC[C@H]1CCCO1. The summed E-state index contributed by atoms with van der Waals surface area (Å²) in [4.78, 5) is 0. The molecular weight excluding hydrogens is 298 g/mol. The first-order chi connectivity index (χ1) is 11.5. The third kappa shape index (κ3) is 4.38. The molecule has 3 atom stereocenters. The number of hydrogen-bond acceptors (Lipinski definition) is 3. The Morgan fingerprint density at radius 2 is 2.00 bits per heavy atom. The fourth-order valence-corrected chi connectivity index (χ4v) is 4.60. The Hall–Kier alpha value is -0.900. The third-order valence-corrected chi connectivity index (χ3v) is 5.64. The first-order valence-corrected chi connectivity index (χ1v) is 9.54. The van der Waals surface area contributed by atoms with Crippen LogP contribution in [-0.4, -0.2) is 37.5 Å². The van der Waals surface area contributed by atoms with Crippen molar-refractivity contribution in [1.29, 1.82) is 0 Å². The standard InChI is InChI=1S/C21H33NO2/c1-17(22-15-19-10-7-12-23-19)14-21(18-8-5-4-6-9-18)11-13-24-20(2,3)16-21/h4-6,8-9,17,19,22H,7,10-16H2,1-3H3/t17-,19-,21+/m1/s1. The zero-order valence-electron chi connectivity index (χ0n) is 15.5. The second-order valence-corrected chi connectivity index (χ2v) is 8.33. The molecule has 2 saturated heterocycles. The number of benzene rings is 1. The lowest BCUT2D eigenvalue weighted by atomic mass is 9.66. The largest absolute Gasteiger partial charge is 0.377 e. The van der Waals surface area contributed by atoms with Crippen LogP contribution in [0.25, 0.3) is 0 Å². The molecule has 0 amide bonds. The Kier molecular flexibility index (Phi) is 5.63. The van der Waals surface area contributed by atoms with E-state index in [1.165, 1.54) is 18.4 Å². The lowest BCUT2D eigenvalue weighted by molar-refractivity contribution is -0.0855. The Balaban J connectivity index is 1.70. The molecule has 1 N–H and O–H groups in total. The Bertz CT molecular complexity index is 510. The van der Waals surface area contributed by atoms with Crippen LogP contribution in [0, 0.1) is 0 Å². The second-order valence-electron chi connectivity index (χ2n) is 8.33. The van der Waals surface area contributed by atoms with Crippen LogP contribution < -0.4 is 5.32 Å². The van der Waals surface area contributed by atoms with Crippen molar-refractivity contribution in [2.45, 2.75) is 76.0 Å². The average Bonchev–Trinajstić information content (AvgIpc) is 3.06. The molecular formula is C21H33NO2. The highest BCUT2D eigenvalue weighted by atomic mass is 16.5. The summed E-state index contributed by atoms with van der Waals surface area (Å²) in [7, 11) is 0. The number of nitrogens with one attached hydrogen (secondary N) is 1. The Morgan fingerprint density at radius 3 is 2.67 bits per heavy atom. The molecule has 2 aliphatic rings. The lowest BCUT2D eigenvalue weighted by Crippen LogP contribution is -2.47. The van der Waals surface area contributed by atoms with Gasteiger partial charge in [0.2, 0.25) is 0 Å². The van der Waals surface area contributed by atoms with E-state index in [4.69, 9.17) is 9.47 Å². The van der Waals surface area contributed by atoms with E-state index in [1.54, 1.807) is 0 Å². The van der Waals surface area contributed by atoms with Crippen molar-refractivity contribution in [3.8, 4) is 0 Å². The van der Waals surface area contributed by atoms with E-state index >= 15 is 0 Å². The Morgan fingerprint density at radius 1 is 1.21 bits per heavy atom. The summed E-state index contributed by atoms with van der Waals surface area (Å²) in [6, 6.07) is 11.5. The predicted octanol–water partition coefficient (Wildman–Crippen LogP) is 4.06. The van der Waals surface area contributed by atoms with E-state index in [-0.39, 0.29) is 11.0 Å². The molecule has 1 aromatic carbocycles. The van der Waals surface area contributed by atoms with Gasteiger partial charge in [-0.25, -0.2) is 0 Å². The summed E-state index contributed by atoms with van der Waals surface area (Å²) in [5.74, 6) is 0. The molecule has 1 aromatic rings. The molecule has 134 valence electrons. The van der Waals surface area contributed by atoms with Gasteiger partial charge in [0.1, 0.15) is 0 Å². The highest BCUT2D eigenvalue weighted by Gasteiger charge is 2.42. The summed E-state index contributed by atoms with van der Waals surface area (Å²) in [6.45, 7) is 9.54.